The van der Waals surface area contributed by atoms with Gasteiger partial charge in [0.25, 0.3) is 0 Å². The van der Waals surface area contributed by atoms with Crippen molar-refractivity contribution in [2.75, 3.05) is 0 Å². The highest BCUT2D eigenvalue weighted by Crippen LogP contribution is 2.33. The highest BCUT2D eigenvalue weighted by atomic mass is 16.1. The van der Waals surface area contributed by atoms with Crippen LogP contribution in [0.5, 0.6) is 0 Å². The molecule has 1 unspecified atom stereocenters. The Labute approximate surface area is 104 Å². The topological polar surface area (TPSA) is 34.1 Å². The second-order valence-corrected chi connectivity index (χ2v) is 5.88. The van der Waals surface area contributed by atoms with E-state index in [4.69, 9.17) is 0 Å². The third kappa shape index (κ3) is 3.40. The maximum Gasteiger partial charge on any atom is 0.143 e. The van der Waals surface area contributed by atoms with Crippen molar-refractivity contribution in [2.24, 2.45) is 17.8 Å². The van der Waals surface area contributed by atoms with Crippen LogP contribution in [0, 0.1) is 17.8 Å². The number of Topliss-reactive ketones (excluding diaryl/α,β-unsaturated/α-hetero) is 1. The number of rotatable bonds is 5. The van der Waals surface area contributed by atoms with Crippen LogP contribution < -0.4 is 0 Å². The van der Waals surface area contributed by atoms with E-state index in [0.717, 1.165) is 19.1 Å². The van der Waals surface area contributed by atoms with Gasteiger partial charge in [0.05, 0.1) is 5.92 Å². The van der Waals surface area contributed by atoms with Crippen LogP contribution in [-0.4, -0.2) is 12.1 Å². The fraction of sp³-hybridized carbons (Fsp3) is 0.867. The molecule has 0 aromatic carbocycles. The molecule has 2 aliphatic carbocycles. The molecule has 0 radical (unpaired) electrons. The lowest BCUT2D eigenvalue weighted by atomic mass is 9.80. The van der Waals surface area contributed by atoms with Crippen LogP contribution >= 0.6 is 0 Å². The van der Waals surface area contributed by atoms with Crippen LogP contribution in [0.15, 0.2) is 0 Å². The molecular formula is C15H24O2. The lowest BCUT2D eigenvalue weighted by Gasteiger charge is -2.23. The second-order valence-electron chi connectivity index (χ2n) is 5.88. The Morgan fingerprint density at radius 1 is 1.00 bits per heavy atom. The summed E-state index contributed by atoms with van der Waals surface area (Å²) in [5.41, 5.74) is 0. The zero-order valence-electron chi connectivity index (χ0n) is 10.7. The number of aldehydes is 1. The van der Waals surface area contributed by atoms with E-state index >= 15 is 0 Å². The van der Waals surface area contributed by atoms with Gasteiger partial charge in [0.1, 0.15) is 12.1 Å². The summed E-state index contributed by atoms with van der Waals surface area (Å²) in [6, 6.07) is 0. The normalized spacial score (nSPS) is 24.7. The van der Waals surface area contributed by atoms with Crippen LogP contribution in [0.1, 0.15) is 64.2 Å². The molecule has 0 N–H and O–H groups in total. The minimum absolute atomic E-state index is 0.235. The van der Waals surface area contributed by atoms with Crippen LogP contribution in [0.3, 0.4) is 0 Å². The van der Waals surface area contributed by atoms with E-state index in [2.05, 4.69) is 0 Å². The first-order chi connectivity index (χ1) is 8.31. The summed E-state index contributed by atoms with van der Waals surface area (Å²) in [6.07, 6.45) is 12.4. The molecule has 2 fully saturated rings. The van der Waals surface area contributed by atoms with Gasteiger partial charge in [0.2, 0.25) is 0 Å². The van der Waals surface area contributed by atoms with Gasteiger partial charge in [-0.2, -0.15) is 0 Å². The van der Waals surface area contributed by atoms with Gasteiger partial charge in [-0.25, -0.2) is 0 Å². The second kappa shape index (κ2) is 6.32. The molecule has 17 heavy (non-hydrogen) atoms. The van der Waals surface area contributed by atoms with Crippen LogP contribution in [-0.2, 0) is 9.59 Å². The number of hydrogen-bond acceptors (Lipinski definition) is 2. The fourth-order valence-electron chi connectivity index (χ4n) is 3.58. The quantitative estimate of drug-likeness (QED) is 0.540. The van der Waals surface area contributed by atoms with E-state index in [1.807, 2.05) is 0 Å². The maximum absolute atomic E-state index is 12.2. The number of hydrogen-bond donors (Lipinski definition) is 0. The number of carbonyl (C=O) groups excluding carboxylic acids is 2. The maximum atomic E-state index is 12.2. The molecule has 0 saturated heterocycles. The van der Waals surface area contributed by atoms with Crippen molar-refractivity contribution in [3.05, 3.63) is 0 Å². The monoisotopic (exact) mass is 236 g/mol. The van der Waals surface area contributed by atoms with Gasteiger partial charge in [0.15, 0.2) is 0 Å². The molecule has 96 valence electrons. The number of ketones is 1. The van der Waals surface area contributed by atoms with Crippen molar-refractivity contribution in [1.29, 1.82) is 0 Å². The van der Waals surface area contributed by atoms with Crippen molar-refractivity contribution >= 4 is 12.1 Å². The summed E-state index contributed by atoms with van der Waals surface area (Å²) >= 11 is 0. The predicted octanol–water partition coefficient (Wildman–Crippen LogP) is 3.53. The average molecular weight is 236 g/mol. The molecule has 0 bridgehead atoms. The van der Waals surface area contributed by atoms with E-state index in [9.17, 15) is 9.59 Å². The Balaban J connectivity index is 1.85. The molecule has 0 amide bonds. The number of carbonyl (C=O) groups is 2. The molecule has 0 heterocycles. The lowest BCUT2D eigenvalue weighted by Crippen LogP contribution is -2.26. The summed E-state index contributed by atoms with van der Waals surface area (Å²) in [4.78, 5) is 23.4. The highest BCUT2D eigenvalue weighted by molar-refractivity contribution is 5.93. The third-order valence-electron chi connectivity index (χ3n) is 4.64. The summed E-state index contributed by atoms with van der Waals surface area (Å²) in [5, 5.41) is 0. The minimum atomic E-state index is -0.278. The zero-order valence-corrected chi connectivity index (χ0v) is 10.7. The zero-order chi connectivity index (χ0) is 12.1. The Kier molecular flexibility index (Phi) is 4.75. The summed E-state index contributed by atoms with van der Waals surface area (Å²) in [7, 11) is 0. The van der Waals surface area contributed by atoms with Crippen LogP contribution in [0.25, 0.3) is 0 Å². The van der Waals surface area contributed by atoms with E-state index in [1.165, 1.54) is 44.9 Å². The first kappa shape index (κ1) is 12.8. The van der Waals surface area contributed by atoms with Crippen LogP contribution in [0.4, 0.5) is 0 Å². The molecule has 0 aromatic heterocycles. The molecule has 2 rings (SSSR count). The molecule has 2 saturated carbocycles. The van der Waals surface area contributed by atoms with Crippen molar-refractivity contribution in [3.63, 3.8) is 0 Å². The van der Waals surface area contributed by atoms with E-state index < -0.39 is 0 Å². The van der Waals surface area contributed by atoms with Crippen LogP contribution in [0.2, 0.25) is 0 Å². The standard InChI is InChI=1S/C15H24O2/c16-11-14(13-8-4-5-9-13)15(17)10-12-6-2-1-3-7-12/h11-14H,1-10H2. The SMILES string of the molecule is O=CC(C(=O)CC1CCCCC1)C1CCCC1. The smallest absolute Gasteiger partial charge is 0.143 e. The first-order valence-corrected chi connectivity index (χ1v) is 7.29. The van der Waals surface area contributed by atoms with Gasteiger partial charge >= 0.3 is 0 Å². The summed E-state index contributed by atoms with van der Waals surface area (Å²) < 4.78 is 0. The molecule has 0 aromatic rings. The molecule has 2 nitrogen and oxygen atoms in total. The van der Waals surface area contributed by atoms with Gasteiger partial charge in [-0.1, -0.05) is 44.9 Å². The average Bonchev–Trinajstić information content (AvgIpc) is 2.85. The highest BCUT2D eigenvalue weighted by Gasteiger charge is 2.31. The molecule has 0 aliphatic heterocycles. The van der Waals surface area contributed by atoms with E-state index in [0.29, 0.717) is 18.3 Å². The third-order valence-corrected chi connectivity index (χ3v) is 4.64. The Bertz CT molecular complexity index is 260. The van der Waals surface area contributed by atoms with E-state index in [-0.39, 0.29) is 11.7 Å². The van der Waals surface area contributed by atoms with Gasteiger partial charge in [-0.3, -0.25) is 4.79 Å². The predicted molar refractivity (Wildman–Crippen MR) is 67.7 cm³/mol. The van der Waals surface area contributed by atoms with Crippen molar-refractivity contribution in [2.45, 2.75) is 64.2 Å². The Morgan fingerprint density at radius 3 is 2.18 bits per heavy atom. The molecular weight excluding hydrogens is 212 g/mol. The van der Waals surface area contributed by atoms with Gasteiger partial charge in [-0.05, 0) is 24.7 Å². The Hall–Kier alpha value is -0.660. The largest absolute Gasteiger partial charge is 0.303 e. The summed E-state index contributed by atoms with van der Waals surface area (Å²) in [6.45, 7) is 0. The van der Waals surface area contributed by atoms with Gasteiger partial charge in [-0.15, -0.1) is 0 Å². The van der Waals surface area contributed by atoms with Crippen molar-refractivity contribution in [3.8, 4) is 0 Å². The first-order valence-electron chi connectivity index (χ1n) is 7.29. The Morgan fingerprint density at radius 2 is 1.59 bits per heavy atom. The molecule has 1 atom stereocenters. The lowest BCUT2D eigenvalue weighted by molar-refractivity contribution is -0.130. The van der Waals surface area contributed by atoms with Gasteiger partial charge < -0.3 is 4.79 Å². The summed E-state index contributed by atoms with van der Waals surface area (Å²) in [5.74, 6) is 0.891. The fourth-order valence-corrected chi connectivity index (χ4v) is 3.58. The molecule has 2 heteroatoms. The van der Waals surface area contributed by atoms with Crippen molar-refractivity contribution < 1.29 is 9.59 Å². The molecule has 0 spiro atoms. The minimum Gasteiger partial charge on any atom is -0.303 e. The van der Waals surface area contributed by atoms with Gasteiger partial charge in [0, 0.05) is 6.42 Å². The molecule has 2 aliphatic rings. The van der Waals surface area contributed by atoms with Crippen molar-refractivity contribution in [1.82, 2.24) is 0 Å². The van der Waals surface area contributed by atoms with E-state index in [1.54, 1.807) is 0 Å².